The number of aryl methyl sites for hydroxylation is 1. The second-order valence-electron chi connectivity index (χ2n) is 4.33. The minimum absolute atomic E-state index is 0.887. The second kappa shape index (κ2) is 4.18. The summed E-state index contributed by atoms with van der Waals surface area (Å²) in [6.07, 6.45) is 1.90. The molecule has 0 spiro atoms. The van der Waals surface area contributed by atoms with Gasteiger partial charge in [-0.2, -0.15) is 0 Å². The minimum Gasteiger partial charge on any atom is -0.373 e. The predicted molar refractivity (Wildman–Crippen MR) is 75.7 cm³/mol. The van der Waals surface area contributed by atoms with E-state index in [0.29, 0.717) is 0 Å². The lowest BCUT2D eigenvalue weighted by molar-refractivity contribution is 0.977. The topological polar surface area (TPSA) is 29.9 Å². The predicted octanol–water partition coefficient (Wildman–Crippen LogP) is 3.28. The molecule has 1 aromatic carbocycles. The number of hydrogen-bond donors (Lipinski definition) is 1. The summed E-state index contributed by atoms with van der Waals surface area (Å²) in [4.78, 5) is 4.36. The Balaban J connectivity index is 2.15. The van der Waals surface area contributed by atoms with E-state index in [4.69, 9.17) is 0 Å². The Kier molecular flexibility index (Phi) is 2.52. The second-order valence-corrected chi connectivity index (χ2v) is 4.33. The number of fused-ring (bicyclic) bond motifs is 1. The summed E-state index contributed by atoms with van der Waals surface area (Å²) < 4.78 is 2.20. The highest BCUT2D eigenvalue weighted by Crippen LogP contribution is 2.26. The van der Waals surface area contributed by atoms with Gasteiger partial charge in [0.05, 0.1) is 5.69 Å². The summed E-state index contributed by atoms with van der Waals surface area (Å²) in [5, 5.41) is 4.29. The summed E-state index contributed by atoms with van der Waals surface area (Å²) in [6.45, 7) is 0. The van der Waals surface area contributed by atoms with Crippen LogP contribution in [0.25, 0.3) is 22.2 Å². The van der Waals surface area contributed by atoms with E-state index in [-0.39, 0.29) is 0 Å². The van der Waals surface area contributed by atoms with Crippen molar-refractivity contribution in [2.45, 2.75) is 0 Å². The summed E-state index contributed by atoms with van der Waals surface area (Å²) in [6, 6.07) is 14.7. The lowest BCUT2D eigenvalue weighted by Gasteiger charge is -2.05. The number of anilines is 1. The van der Waals surface area contributed by atoms with Crippen LogP contribution in [0, 0.1) is 0 Å². The van der Waals surface area contributed by atoms with E-state index in [0.717, 1.165) is 11.4 Å². The van der Waals surface area contributed by atoms with Crippen LogP contribution in [0.5, 0.6) is 0 Å². The van der Waals surface area contributed by atoms with Gasteiger partial charge in [0.15, 0.2) is 0 Å². The quantitative estimate of drug-likeness (QED) is 0.741. The number of hydrogen-bond acceptors (Lipinski definition) is 2. The van der Waals surface area contributed by atoms with Crippen molar-refractivity contribution in [3.63, 3.8) is 0 Å². The first kappa shape index (κ1) is 10.8. The highest BCUT2D eigenvalue weighted by molar-refractivity contribution is 5.86. The molecule has 90 valence electrons. The van der Waals surface area contributed by atoms with Crippen LogP contribution in [0.15, 0.2) is 48.7 Å². The fourth-order valence-corrected chi connectivity index (χ4v) is 2.26. The first-order valence-electron chi connectivity index (χ1n) is 5.98. The molecule has 0 saturated heterocycles. The van der Waals surface area contributed by atoms with Gasteiger partial charge >= 0.3 is 0 Å². The number of benzene rings is 1. The third kappa shape index (κ3) is 1.64. The van der Waals surface area contributed by atoms with Gasteiger partial charge in [0.2, 0.25) is 0 Å². The van der Waals surface area contributed by atoms with Gasteiger partial charge in [0.1, 0.15) is 5.82 Å². The summed E-state index contributed by atoms with van der Waals surface area (Å²) in [5.74, 6) is 0.887. The normalized spacial score (nSPS) is 10.8. The lowest BCUT2D eigenvalue weighted by Crippen LogP contribution is -1.94. The van der Waals surface area contributed by atoms with Gasteiger partial charge in [-0.1, -0.05) is 18.2 Å². The molecular formula is C15H15N3. The zero-order valence-corrected chi connectivity index (χ0v) is 10.5. The molecule has 3 heteroatoms. The molecule has 0 saturated carbocycles. The van der Waals surface area contributed by atoms with Crippen LogP contribution >= 0.6 is 0 Å². The molecule has 2 aromatic heterocycles. The zero-order valence-electron chi connectivity index (χ0n) is 10.5. The molecule has 3 rings (SSSR count). The Hall–Kier alpha value is -2.29. The molecule has 0 radical (unpaired) electrons. The van der Waals surface area contributed by atoms with E-state index < -0.39 is 0 Å². The van der Waals surface area contributed by atoms with Crippen LogP contribution in [0.1, 0.15) is 0 Å². The Morgan fingerprint density at radius 2 is 1.94 bits per heavy atom. The van der Waals surface area contributed by atoms with Crippen molar-refractivity contribution in [3.05, 3.63) is 48.7 Å². The first-order valence-corrected chi connectivity index (χ1v) is 5.98. The van der Waals surface area contributed by atoms with Crippen LogP contribution in [-0.2, 0) is 7.05 Å². The number of nitrogens with zero attached hydrogens (tertiary/aromatic N) is 2. The molecule has 0 amide bonds. The van der Waals surface area contributed by atoms with Crippen molar-refractivity contribution in [2.75, 3.05) is 12.4 Å². The molecule has 0 aliphatic heterocycles. The molecule has 0 fully saturated rings. The molecule has 0 bridgehead atoms. The Morgan fingerprint density at radius 3 is 2.61 bits per heavy atom. The third-order valence-corrected chi connectivity index (χ3v) is 3.27. The van der Waals surface area contributed by atoms with Gasteiger partial charge in [0, 0.05) is 36.8 Å². The van der Waals surface area contributed by atoms with E-state index in [2.05, 4.69) is 58.3 Å². The average molecular weight is 237 g/mol. The maximum Gasteiger partial charge on any atom is 0.125 e. The van der Waals surface area contributed by atoms with Gasteiger partial charge in [0.25, 0.3) is 0 Å². The molecule has 0 atom stereocenters. The lowest BCUT2D eigenvalue weighted by atomic mass is 10.2. The standard InChI is InChI=1S/C15H15N3/c1-16-15-8-7-12(10-17-15)14-9-11-5-3-4-6-13(11)18(14)2/h3-10H,1-2H3,(H,16,17). The summed E-state index contributed by atoms with van der Waals surface area (Å²) in [5.41, 5.74) is 3.56. The summed E-state index contributed by atoms with van der Waals surface area (Å²) in [7, 11) is 3.96. The van der Waals surface area contributed by atoms with Crippen LogP contribution in [0.3, 0.4) is 0 Å². The molecular weight excluding hydrogens is 222 g/mol. The number of para-hydroxylation sites is 1. The van der Waals surface area contributed by atoms with Crippen molar-refractivity contribution < 1.29 is 0 Å². The smallest absolute Gasteiger partial charge is 0.125 e. The van der Waals surface area contributed by atoms with Gasteiger partial charge in [-0.15, -0.1) is 0 Å². The van der Waals surface area contributed by atoms with Crippen LogP contribution in [0.4, 0.5) is 5.82 Å². The molecule has 0 aliphatic rings. The fourth-order valence-electron chi connectivity index (χ4n) is 2.26. The SMILES string of the molecule is CNc1ccc(-c2cc3ccccc3n2C)cn1. The van der Waals surface area contributed by atoms with E-state index in [1.54, 1.807) is 0 Å². The zero-order chi connectivity index (χ0) is 12.5. The van der Waals surface area contributed by atoms with Gasteiger partial charge in [-0.05, 0) is 24.3 Å². The molecule has 18 heavy (non-hydrogen) atoms. The Morgan fingerprint density at radius 1 is 1.11 bits per heavy atom. The maximum absolute atomic E-state index is 4.36. The van der Waals surface area contributed by atoms with Crippen LogP contribution in [0.2, 0.25) is 0 Å². The van der Waals surface area contributed by atoms with Crippen molar-refractivity contribution in [2.24, 2.45) is 7.05 Å². The van der Waals surface area contributed by atoms with Crippen molar-refractivity contribution in [3.8, 4) is 11.3 Å². The molecule has 3 nitrogen and oxygen atoms in total. The summed E-state index contributed by atoms with van der Waals surface area (Å²) >= 11 is 0. The van der Waals surface area contributed by atoms with Gasteiger partial charge in [-0.25, -0.2) is 4.98 Å². The third-order valence-electron chi connectivity index (χ3n) is 3.27. The average Bonchev–Trinajstić information content (AvgIpc) is 2.77. The molecule has 3 aromatic rings. The Bertz CT molecular complexity index is 681. The van der Waals surface area contributed by atoms with Crippen LogP contribution in [-0.4, -0.2) is 16.6 Å². The van der Waals surface area contributed by atoms with E-state index in [1.165, 1.54) is 16.6 Å². The highest BCUT2D eigenvalue weighted by atomic mass is 15.0. The number of nitrogens with one attached hydrogen (secondary N) is 1. The Labute approximate surface area is 106 Å². The molecule has 1 N–H and O–H groups in total. The maximum atomic E-state index is 4.36. The van der Waals surface area contributed by atoms with E-state index in [9.17, 15) is 0 Å². The largest absolute Gasteiger partial charge is 0.373 e. The van der Waals surface area contributed by atoms with Crippen LogP contribution < -0.4 is 5.32 Å². The van der Waals surface area contributed by atoms with Crippen molar-refractivity contribution >= 4 is 16.7 Å². The van der Waals surface area contributed by atoms with Gasteiger partial charge in [-0.3, -0.25) is 0 Å². The fraction of sp³-hybridized carbons (Fsp3) is 0.133. The first-order chi connectivity index (χ1) is 8.79. The van der Waals surface area contributed by atoms with E-state index >= 15 is 0 Å². The number of rotatable bonds is 2. The van der Waals surface area contributed by atoms with Crippen molar-refractivity contribution in [1.29, 1.82) is 0 Å². The van der Waals surface area contributed by atoms with Gasteiger partial charge < -0.3 is 9.88 Å². The molecule has 2 heterocycles. The highest BCUT2D eigenvalue weighted by Gasteiger charge is 2.07. The van der Waals surface area contributed by atoms with E-state index in [1.807, 2.05) is 19.3 Å². The monoisotopic (exact) mass is 237 g/mol. The minimum atomic E-state index is 0.887. The molecule has 0 aliphatic carbocycles. The number of pyridine rings is 1. The number of aromatic nitrogens is 2. The molecule has 0 unspecified atom stereocenters. The van der Waals surface area contributed by atoms with Crippen molar-refractivity contribution in [1.82, 2.24) is 9.55 Å².